The van der Waals surface area contributed by atoms with Crippen LogP contribution in [0.15, 0.2) is 72.8 Å². The van der Waals surface area contributed by atoms with Crippen LogP contribution in [0.1, 0.15) is 21.5 Å². The number of halogens is 3. The number of ether oxygens (including phenoxy) is 3. The summed E-state index contributed by atoms with van der Waals surface area (Å²) < 4.78 is 51.6. The van der Waals surface area contributed by atoms with Gasteiger partial charge in [-0.2, -0.15) is 13.2 Å². The van der Waals surface area contributed by atoms with E-state index < -0.39 is 24.7 Å². The Hall–Kier alpha value is -4.47. The molecule has 3 aromatic carbocycles. The van der Waals surface area contributed by atoms with Crippen molar-refractivity contribution in [2.45, 2.75) is 12.6 Å². The van der Waals surface area contributed by atoms with Gasteiger partial charge in [0.25, 0.3) is 0 Å². The molecule has 0 radical (unpaired) electrons. The molecule has 0 aliphatic rings. The summed E-state index contributed by atoms with van der Waals surface area (Å²) in [6.45, 7) is -1.26. The third-order valence-electron chi connectivity index (χ3n) is 4.67. The number of rotatable bonds is 9. The highest BCUT2D eigenvalue weighted by Crippen LogP contribution is 2.20. The van der Waals surface area contributed by atoms with Crippen molar-refractivity contribution in [3.05, 3.63) is 89.5 Å². The van der Waals surface area contributed by atoms with Gasteiger partial charge in [0.1, 0.15) is 11.5 Å². The summed E-state index contributed by atoms with van der Waals surface area (Å²) in [5, 5.41) is 0. The Bertz CT molecular complexity index is 1200. The number of esters is 2. The molecule has 3 rings (SSSR count). The number of nitrogens with two attached hydrogens (primary N) is 2. The van der Waals surface area contributed by atoms with Gasteiger partial charge in [-0.1, -0.05) is 12.1 Å². The molecule has 0 fully saturated rings. The quantitative estimate of drug-likeness (QED) is 0.188. The van der Waals surface area contributed by atoms with E-state index in [0.29, 0.717) is 23.4 Å². The zero-order valence-corrected chi connectivity index (χ0v) is 19.0. The monoisotopic (exact) mass is 500 g/mol. The number of carbonyl (C=O) groups excluding carboxylic acids is 2. The largest absolute Gasteiger partial charge is 0.484 e. The van der Waals surface area contributed by atoms with E-state index >= 15 is 0 Å². The molecule has 0 aliphatic carbocycles. The smallest absolute Gasteiger partial charge is 0.422 e. The van der Waals surface area contributed by atoms with Crippen molar-refractivity contribution >= 4 is 29.4 Å². The molecule has 0 heterocycles. The predicted octanol–water partition coefficient (Wildman–Crippen LogP) is 4.81. The molecule has 0 spiro atoms. The van der Waals surface area contributed by atoms with Crippen LogP contribution in [0.4, 0.5) is 24.5 Å². The maximum Gasteiger partial charge on any atom is 0.422 e. The van der Waals surface area contributed by atoms with Gasteiger partial charge in [0.2, 0.25) is 0 Å². The van der Waals surface area contributed by atoms with Crippen LogP contribution >= 0.6 is 0 Å². The molecule has 0 saturated heterocycles. The first-order chi connectivity index (χ1) is 17.1. The molecule has 4 N–H and O–H groups in total. The minimum Gasteiger partial charge on any atom is -0.484 e. The topological polar surface area (TPSA) is 114 Å². The van der Waals surface area contributed by atoms with Gasteiger partial charge in [-0.15, -0.1) is 0 Å². The van der Waals surface area contributed by atoms with E-state index in [1.165, 1.54) is 42.5 Å². The number of nitrogen functional groups attached to an aromatic ring is 2. The first-order valence-corrected chi connectivity index (χ1v) is 10.7. The number of hydrogen-bond donors (Lipinski definition) is 2. The summed E-state index contributed by atoms with van der Waals surface area (Å²) in [6.07, 6.45) is -1.16. The molecule has 10 heteroatoms. The van der Waals surface area contributed by atoms with Crippen LogP contribution in [0, 0.1) is 0 Å². The lowest BCUT2D eigenvalue weighted by Gasteiger charge is -2.09. The van der Waals surface area contributed by atoms with E-state index in [1.54, 1.807) is 36.4 Å². The lowest BCUT2D eigenvalue weighted by atomic mass is 10.1. The number of anilines is 2. The van der Waals surface area contributed by atoms with Crippen LogP contribution in [0.3, 0.4) is 0 Å². The van der Waals surface area contributed by atoms with E-state index in [0.717, 1.165) is 5.56 Å². The first-order valence-electron chi connectivity index (χ1n) is 10.7. The van der Waals surface area contributed by atoms with Crippen molar-refractivity contribution in [1.29, 1.82) is 0 Å². The zero-order valence-electron chi connectivity index (χ0n) is 19.0. The highest BCUT2D eigenvalue weighted by atomic mass is 19.4. The van der Waals surface area contributed by atoms with E-state index in [-0.39, 0.29) is 23.7 Å². The van der Waals surface area contributed by atoms with Crippen molar-refractivity contribution < 1.29 is 37.0 Å². The zero-order chi connectivity index (χ0) is 26.1. The van der Waals surface area contributed by atoms with Gasteiger partial charge in [-0.3, -0.25) is 0 Å². The first kappa shape index (κ1) is 26.1. The molecule has 0 amide bonds. The van der Waals surface area contributed by atoms with E-state index in [4.69, 9.17) is 20.9 Å². The second-order valence-corrected chi connectivity index (χ2v) is 7.65. The van der Waals surface area contributed by atoms with Gasteiger partial charge in [0.15, 0.2) is 6.61 Å². The average molecular weight is 500 g/mol. The maximum atomic E-state index is 12.3. The third-order valence-corrected chi connectivity index (χ3v) is 4.67. The number of benzene rings is 3. The standard InChI is InChI=1S/C26H23F3N2O5/c27-26(28,29)16-35-22-8-4-19(5-9-22)25(33)36-23-6-1-17(2-7-23)3-10-24(32)34-12-11-18-13-20(30)15-21(31)14-18/h1-10,13-15H,11-12,16,30-31H2/b10-3+. The van der Waals surface area contributed by atoms with Gasteiger partial charge >= 0.3 is 18.1 Å². The number of carbonyl (C=O) groups is 2. The Morgan fingerprint density at radius 2 is 1.47 bits per heavy atom. The summed E-state index contributed by atoms with van der Waals surface area (Å²) in [5.74, 6) is -0.984. The Morgan fingerprint density at radius 1 is 0.861 bits per heavy atom. The number of hydrogen-bond acceptors (Lipinski definition) is 7. The Balaban J connectivity index is 1.45. The Morgan fingerprint density at radius 3 is 2.08 bits per heavy atom. The molecule has 188 valence electrons. The molecule has 0 aromatic heterocycles. The van der Waals surface area contributed by atoms with Crippen LogP contribution in [-0.2, 0) is 16.0 Å². The highest BCUT2D eigenvalue weighted by Gasteiger charge is 2.28. The van der Waals surface area contributed by atoms with Crippen molar-refractivity contribution in [2.24, 2.45) is 0 Å². The summed E-state index contributed by atoms with van der Waals surface area (Å²) in [6, 6.07) is 16.6. The fraction of sp³-hybridized carbons (Fsp3) is 0.154. The van der Waals surface area contributed by atoms with Crippen molar-refractivity contribution in [3.63, 3.8) is 0 Å². The van der Waals surface area contributed by atoms with Crippen LogP contribution < -0.4 is 20.9 Å². The van der Waals surface area contributed by atoms with Gasteiger partial charge in [-0.25, -0.2) is 9.59 Å². The van der Waals surface area contributed by atoms with E-state index in [9.17, 15) is 22.8 Å². The van der Waals surface area contributed by atoms with Gasteiger partial charge in [-0.05, 0) is 71.8 Å². The van der Waals surface area contributed by atoms with Crippen molar-refractivity contribution in [1.82, 2.24) is 0 Å². The lowest BCUT2D eigenvalue weighted by molar-refractivity contribution is -0.153. The SMILES string of the molecule is Nc1cc(N)cc(CCOC(=O)/C=C/c2ccc(OC(=O)c3ccc(OCC(F)(F)F)cc3)cc2)c1. The molecule has 0 bridgehead atoms. The maximum absolute atomic E-state index is 12.3. The van der Waals surface area contributed by atoms with E-state index in [2.05, 4.69) is 4.74 Å². The lowest BCUT2D eigenvalue weighted by Crippen LogP contribution is -2.19. The molecule has 0 unspecified atom stereocenters. The normalized spacial score (nSPS) is 11.3. The average Bonchev–Trinajstić information content (AvgIpc) is 2.81. The molecule has 7 nitrogen and oxygen atoms in total. The van der Waals surface area contributed by atoms with Gasteiger partial charge in [0, 0.05) is 23.9 Å². The Kier molecular flexibility index (Phi) is 8.56. The molecule has 3 aromatic rings. The molecule has 0 saturated carbocycles. The molecule has 0 atom stereocenters. The highest BCUT2D eigenvalue weighted by molar-refractivity contribution is 5.91. The van der Waals surface area contributed by atoms with Gasteiger partial charge in [0.05, 0.1) is 12.2 Å². The van der Waals surface area contributed by atoms with Gasteiger partial charge < -0.3 is 25.7 Å². The van der Waals surface area contributed by atoms with Crippen LogP contribution in [0.5, 0.6) is 11.5 Å². The van der Waals surface area contributed by atoms with E-state index in [1.807, 2.05) is 0 Å². The second-order valence-electron chi connectivity index (χ2n) is 7.65. The minimum absolute atomic E-state index is 0.0204. The van der Waals surface area contributed by atoms with Crippen LogP contribution in [-0.4, -0.2) is 31.3 Å². The summed E-state index contributed by atoms with van der Waals surface area (Å²) in [5.41, 5.74) is 14.2. The summed E-state index contributed by atoms with van der Waals surface area (Å²) in [4.78, 5) is 24.2. The van der Waals surface area contributed by atoms with Crippen molar-refractivity contribution in [3.8, 4) is 11.5 Å². The minimum atomic E-state index is -4.45. The van der Waals surface area contributed by atoms with Crippen LogP contribution in [0.25, 0.3) is 6.08 Å². The molecule has 36 heavy (non-hydrogen) atoms. The Labute approximate surface area is 205 Å². The molecular weight excluding hydrogens is 477 g/mol. The summed E-state index contributed by atoms with van der Waals surface area (Å²) >= 11 is 0. The predicted molar refractivity (Wildman–Crippen MR) is 128 cm³/mol. The summed E-state index contributed by atoms with van der Waals surface area (Å²) in [7, 11) is 0. The van der Waals surface area contributed by atoms with Crippen LogP contribution in [0.2, 0.25) is 0 Å². The van der Waals surface area contributed by atoms with Crippen molar-refractivity contribution in [2.75, 3.05) is 24.7 Å². The second kappa shape index (κ2) is 11.8. The number of alkyl halides is 3. The third kappa shape index (κ3) is 8.71. The molecular formula is C26H23F3N2O5. The fourth-order valence-electron chi connectivity index (χ4n) is 3.04. The fourth-order valence-corrected chi connectivity index (χ4v) is 3.04. The molecule has 0 aliphatic heterocycles.